The summed E-state index contributed by atoms with van der Waals surface area (Å²) in [4.78, 5) is 2.42. The van der Waals surface area contributed by atoms with Gasteiger partial charge in [0.05, 0.1) is 6.61 Å². The molecule has 2 rings (SSSR count). The van der Waals surface area contributed by atoms with Gasteiger partial charge in [0.15, 0.2) is 0 Å². The first kappa shape index (κ1) is 13.2. The third kappa shape index (κ3) is 3.37. The number of ether oxygens (including phenoxy) is 1. The summed E-state index contributed by atoms with van der Waals surface area (Å²) in [6.45, 7) is 6.89. The van der Waals surface area contributed by atoms with Crippen LogP contribution in [0.5, 0.6) is 5.75 Å². The van der Waals surface area contributed by atoms with Crippen LogP contribution >= 0.6 is 0 Å². The van der Waals surface area contributed by atoms with Gasteiger partial charge in [-0.05, 0) is 38.2 Å². The van der Waals surface area contributed by atoms with E-state index in [0.29, 0.717) is 6.04 Å². The van der Waals surface area contributed by atoms with Gasteiger partial charge in [-0.2, -0.15) is 0 Å². The Kier molecular flexibility index (Phi) is 4.84. The van der Waals surface area contributed by atoms with Gasteiger partial charge >= 0.3 is 0 Å². The zero-order chi connectivity index (χ0) is 12.8. The first-order chi connectivity index (χ1) is 8.83. The summed E-state index contributed by atoms with van der Waals surface area (Å²) < 4.78 is 5.47. The molecule has 1 aromatic rings. The van der Waals surface area contributed by atoms with Crippen molar-refractivity contribution in [1.82, 2.24) is 10.6 Å². The quantitative estimate of drug-likeness (QED) is 0.819. The average Bonchev–Trinajstić information content (AvgIpc) is 2.41. The molecule has 100 valence electrons. The largest absolute Gasteiger partial charge is 0.494 e. The van der Waals surface area contributed by atoms with Crippen molar-refractivity contribution in [3.63, 3.8) is 0 Å². The van der Waals surface area contributed by atoms with Crippen LogP contribution in [-0.2, 0) is 0 Å². The van der Waals surface area contributed by atoms with Crippen LogP contribution in [0.3, 0.4) is 0 Å². The summed E-state index contributed by atoms with van der Waals surface area (Å²) in [6.07, 6.45) is 0. The van der Waals surface area contributed by atoms with E-state index in [9.17, 15) is 0 Å². The van der Waals surface area contributed by atoms with Gasteiger partial charge in [0.2, 0.25) is 0 Å². The Hall–Kier alpha value is -1.26. The van der Waals surface area contributed by atoms with Gasteiger partial charge in [-0.3, -0.25) is 0 Å². The molecule has 1 aromatic carbocycles. The summed E-state index contributed by atoms with van der Waals surface area (Å²) in [5.74, 6) is 0.947. The molecule has 18 heavy (non-hydrogen) atoms. The van der Waals surface area contributed by atoms with Crippen molar-refractivity contribution in [2.75, 3.05) is 44.7 Å². The van der Waals surface area contributed by atoms with Crippen LogP contribution in [0.25, 0.3) is 0 Å². The van der Waals surface area contributed by atoms with E-state index in [1.54, 1.807) is 0 Å². The van der Waals surface area contributed by atoms with Crippen molar-refractivity contribution in [2.45, 2.75) is 13.0 Å². The molecule has 4 heteroatoms. The number of hydrogen-bond donors (Lipinski definition) is 2. The fourth-order valence-electron chi connectivity index (χ4n) is 2.36. The molecule has 0 spiro atoms. The normalized spacial score (nSPS) is 19.9. The Labute approximate surface area is 109 Å². The Bertz CT molecular complexity index is 351. The summed E-state index contributed by atoms with van der Waals surface area (Å²) in [5, 5.41) is 6.75. The summed E-state index contributed by atoms with van der Waals surface area (Å²) >= 11 is 0. The molecule has 4 nitrogen and oxygen atoms in total. The number of hydrogen-bond acceptors (Lipinski definition) is 4. The topological polar surface area (TPSA) is 36.5 Å². The number of likely N-dealkylation sites (N-methyl/N-ethyl adjacent to an activating group) is 1. The molecule has 0 saturated carbocycles. The molecule has 0 aliphatic carbocycles. The first-order valence-electron chi connectivity index (χ1n) is 6.69. The second-order valence-electron chi connectivity index (χ2n) is 4.58. The van der Waals surface area contributed by atoms with E-state index in [-0.39, 0.29) is 0 Å². The maximum Gasteiger partial charge on any atom is 0.119 e. The second-order valence-corrected chi connectivity index (χ2v) is 4.58. The van der Waals surface area contributed by atoms with Gasteiger partial charge in [-0.25, -0.2) is 0 Å². The van der Waals surface area contributed by atoms with E-state index in [2.05, 4.69) is 27.7 Å². The first-order valence-corrected chi connectivity index (χ1v) is 6.69. The molecular formula is C14H23N3O. The van der Waals surface area contributed by atoms with Gasteiger partial charge in [0.25, 0.3) is 0 Å². The number of rotatable bonds is 5. The number of nitrogens with one attached hydrogen (secondary N) is 2. The molecule has 1 unspecified atom stereocenters. The van der Waals surface area contributed by atoms with E-state index in [4.69, 9.17) is 4.74 Å². The predicted molar refractivity (Wildman–Crippen MR) is 75.5 cm³/mol. The van der Waals surface area contributed by atoms with Crippen LogP contribution in [0.4, 0.5) is 5.69 Å². The molecule has 0 amide bonds. The lowest BCUT2D eigenvalue weighted by molar-refractivity contribution is 0.340. The van der Waals surface area contributed by atoms with E-state index < -0.39 is 0 Å². The Morgan fingerprint density at radius 2 is 2.17 bits per heavy atom. The molecule has 1 atom stereocenters. The lowest BCUT2D eigenvalue weighted by atomic mass is 10.2. The fraction of sp³-hybridized carbons (Fsp3) is 0.571. The molecule has 0 bridgehead atoms. The molecule has 1 aliphatic rings. The Morgan fingerprint density at radius 3 is 2.83 bits per heavy atom. The Morgan fingerprint density at radius 1 is 1.39 bits per heavy atom. The highest BCUT2D eigenvalue weighted by atomic mass is 16.5. The Balaban J connectivity index is 1.97. The standard InChI is InChI=1S/C14H23N3O/c1-3-18-14-6-4-13(5-7-14)17-9-8-16-12(11-17)10-15-2/h4-7,12,15-16H,3,8-11H2,1-2H3. The van der Waals surface area contributed by atoms with Crippen LogP contribution in [-0.4, -0.2) is 45.9 Å². The van der Waals surface area contributed by atoms with Gasteiger partial charge < -0.3 is 20.3 Å². The van der Waals surface area contributed by atoms with Crippen LogP contribution in [0.2, 0.25) is 0 Å². The molecule has 2 N–H and O–H groups in total. The number of nitrogens with zero attached hydrogens (tertiary/aromatic N) is 1. The van der Waals surface area contributed by atoms with E-state index >= 15 is 0 Å². The van der Waals surface area contributed by atoms with Crippen molar-refractivity contribution in [3.05, 3.63) is 24.3 Å². The summed E-state index contributed by atoms with van der Waals surface area (Å²) in [5.41, 5.74) is 1.28. The molecule has 1 heterocycles. The van der Waals surface area contributed by atoms with E-state index in [0.717, 1.165) is 38.5 Å². The van der Waals surface area contributed by atoms with Crippen molar-refractivity contribution < 1.29 is 4.74 Å². The highest BCUT2D eigenvalue weighted by Gasteiger charge is 2.18. The van der Waals surface area contributed by atoms with Crippen LogP contribution in [0.15, 0.2) is 24.3 Å². The minimum atomic E-state index is 0.523. The highest BCUT2D eigenvalue weighted by Crippen LogP contribution is 2.20. The molecular weight excluding hydrogens is 226 g/mol. The highest BCUT2D eigenvalue weighted by molar-refractivity contribution is 5.49. The van der Waals surface area contributed by atoms with Crippen LogP contribution in [0.1, 0.15) is 6.92 Å². The van der Waals surface area contributed by atoms with Crippen molar-refractivity contribution >= 4 is 5.69 Å². The van der Waals surface area contributed by atoms with Crippen molar-refractivity contribution in [2.24, 2.45) is 0 Å². The van der Waals surface area contributed by atoms with Gasteiger partial charge in [0, 0.05) is 37.9 Å². The molecule has 0 radical (unpaired) electrons. The van der Waals surface area contributed by atoms with E-state index in [1.807, 2.05) is 26.1 Å². The molecule has 1 fully saturated rings. The minimum Gasteiger partial charge on any atom is -0.494 e. The molecule has 1 saturated heterocycles. The van der Waals surface area contributed by atoms with Gasteiger partial charge in [-0.15, -0.1) is 0 Å². The lowest BCUT2D eigenvalue weighted by Gasteiger charge is -2.35. The van der Waals surface area contributed by atoms with E-state index in [1.165, 1.54) is 5.69 Å². The van der Waals surface area contributed by atoms with Crippen molar-refractivity contribution in [1.29, 1.82) is 0 Å². The monoisotopic (exact) mass is 249 g/mol. The van der Waals surface area contributed by atoms with Crippen LogP contribution < -0.4 is 20.3 Å². The zero-order valence-electron chi connectivity index (χ0n) is 11.3. The summed E-state index contributed by atoms with van der Waals surface area (Å²) in [6, 6.07) is 8.91. The lowest BCUT2D eigenvalue weighted by Crippen LogP contribution is -2.54. The summed E-state index contributed by atoms with van der Waals surface area (Å²) in [7, 11) is 2.00. The number of piperazine rings is 1. The molecule has 1 aliphatic heterocycles. The maximum atomic E-state index is 5.47. The smallest absolute Gasteiger partial charge is 0.119 e. The third-order valence-corrected chi connectivity index (χ3v) is 3.22. The maximum absolute atomic E-state index is 5.47. The number of anilines is 1. The third-order valence-electron chi connectivity index (χ3n) is 3.22. The van der Waals surface area contributed by atoms with Crippen molar-refractivity contribution in [3.8, 4) is 5.75 Å². The van der Waals surface area contributed by atoms with Gasteiger partial charge in [0.1, 0.15) is 5.75 Å². The SMILES string of the molecule is CCOc1ccc(N2CCNC(CNC)C2)cc1. The average molecular weight is 249 g/mol. The zero-order valence-corrected chi connectivity index (χ0v) is 11.3. The molecule has 0 aromatic heterocycles. The number of benzene rings is 1. The fourth-order valence-corrected chi connectivity index (χ4v) is 2.36. The second kappa shape index (κ2) is 6.61. The predicted octanol–water partition coefficient (Wildman–Crippen LogP) is 1.08. The van der Waals surface area contributed by atoms with Crippen LogP contribution in [0, 0.1) is 0 Å². The van der Waals surface area contributed by atoms with Gasteiger partial charge in [-0.1, -0.05) is 0 Å². The minimum absolute atomic E-state index is 0.523.